The summed E-state index contributed by atoms with van der Waals surface area (Å²) in [5, 5.41) is 0. The van der Waals surface area contributed by atoms with E-state index in [2.05, 4.69) is 120 Å². The van der Waals surface area contributed by atoms with Crippen molar-refractivity contribution in [1.82, 2.24) is 0 Å². The van der Waals surface area contributed by atoms with Crippen LogP contribution in [0.3, 0.4) is 0 Å². The highest BCUT2D eigenvalue weighted by molar-refractivity contribution is 5.43. The Labute approximate surface area is 188 Å². The number of hydrogen-bond acceptors (Lipinski definition) is 0. The largest absolute Gasteiger partial charge is 0.0876 e. The van der Waals surface area contributed by atoms with Crippen molar-refractivity contribution in [2.45, 2.75) is 95.9 Å². The first-order chi connectivity index (χ1) is 13.4. The van der Waals surface area contributed by atoms with Crippen molar-refractivity contribution in [3.8, 4) is 0 Å². The first-order valence-corrected chi connectivity index (χ1v) is 11.9. The van der Waals surface area contributed by atoms with E-state index in [1.807, 2.05) is 0 Å². The van der Waals surface area contributed by atoms with Crippen LogP contribution in [0.2, 0.25) is 0 Å². The fourth-order valence-corrected chi connectivity index (χ4v) is 4.61. The first-order valence-electron chi connectivity index (χ1n) is 11.9. The molecule has 2 aliphatic carbocycles. The standard InChI is InChI=1S/C30H48/c1-27(2,3)23-17-21(25(19-23)29(7,8)9)15-13-14-16-22-18-24(28(4,5)6)20-26(22)30(10,11)12/h13-14,17-22H,15-16H2,1-12H3/b14-13+. The van der Waals surface area contributed by atoms with E-state index in [-0.39, 0.29) is 21.7 Å². The third kappa shape index (κ3) is 6.12. The van der Waals surface area contributed by atoms with E-state index >= 15 is 0 Å². The van der Waals surface area contributed by atoms with Gasteiger partial charge in [-0.15, -0.1) is 0 Å². The molecule has 0 amide bonds. The maximum atomic E-state index is 2.53. The summed E-state index contributed by atoms with van der Waals surface area (Å²) in [5.74, 6) is 1.08. The van der Waals surface area contributed by atoms with Crippen LogP contribution in [0, 0.1) is 33.5 Å². The van der Waals surface area contributed by atoms with Gasteiger partial charge in [-0.1, -0.05) is 131 Å². The molecule has 0 radical (unpaired) electrons. The summed E-state index contributed by atoms with van der Waals surface area (Å²) in [6.45, 7) is 28.1. The van der Waals surface area contributed by atoms with Crippen LogP contribution in [0.5, 0.6) is 0 Å². The Morgan fingerprint density at radius 2 is 0.833 bits per heavy atom. The molecule has 0 saturated carbocycles. The molecule has 2 atom stereocenters. The summed E-state index contributed by atoms with van der Waals surface area (Å²) in [6, 6.07) is 0. The van der Waals surface area contributed by atoms with Crippen LogP contribution in [-0.4, -0.2) is 0 Å². The Hall–Kier alpha value is -1.30. The molecule has 0 heteroatoms. The first kappa shape index (κ1) is 25.0. The minimum Gasteiger partial charge on any atom is -0.0876 e. The Kier molecular flexibility index (Phi) is 6.93. The number of hydrogen-bond donors (Lipinski definition) is 0. The predicted molar refractivity (Wildman–Crippen MR) is 136 cm³/mol. The molecule has 0 nitrogen and oxygen atoms in total. The van der Waals surface area contributed by atoms with Crippen molar-refractivity contribution in [3.63, 3.8) is 0 Å². The lowest BCUT2D eigenvalue weighted by atomic mass is 9.78. The van der Waals surface area contributed by atoms with Crippen LogP contribution < -0.4 is 0 Å². The molecule has 0 fully saturated rings. The molecule has 30 heavy (non-hydrogen) atoms. The lowest BCUT2D eigenvalue weighted by Crippen LogP contribution is -2.15. The van der Waals surface area contributed by atoms with Crippen LogP contribution in [-0.2, 0) is 0 Å². The zero-order valence-electron chi connectivity index (χ0n) is 22.0. The van der Waals surface area contributed by atoms with Crippen molar-refractivity contribution in [1.29, 1.82) is 0 Å². The molecule has 2 rings (SSSR count). The van der Waals surface area contributed by atoms with Gasteiger partial charge in [0.25, 0.3) is 0 Å². The molecular formula is C30H48. The smallest absolute Gasteiger partial charge is 0.00257 e. The minimum absolute atomic E-state index is 0.222. The molecule has 0 aromatic rings. The summed E-state index contributed by atoms with van der Waals surface area (Å²) >= 11 is 0. The molecule has 2 unspecified atom stereocenters. The molecular weight excluding hydrogens is 360 g/mol. The average Bonchev–Trinajstić information content (AvgIpc) is 3.14. The van der Waals surface area contributed by atoms with Crippen LogP contribution in [0.1, 0.15) is 95.9 Å². The van der Waals surface area contributed by atoms with Crippen molar-refractivity contribution >= 4 is 0 Å². The zero-order valence-corrected chi connectivity index (χ0v) is 22.0. The summed E-state index contributed by atoms with van der Waals surface area (Å²) in [7, 11) is 0. The van der Waals surface area contributed by atoms with Gasteiger partial charge in [0.15, 0.2) is 0 Å². The molecule has 0 heterocycles. The second-order valence-electron chi connectivity index (χ2n) is 13.6. The van der Waals surface area contributed by atoms with E-state index in [1.165, 1.54) is 11.1 Å². The molecule has 2 aliphatic rings. The van der Waals surface area contributed by atoms with Crippen LogP contribution in [0.4, 0.5) is 0 Å². The Morgan fingerprint density at radius 1 is 0.533 bits per heavy atom. The molecule has 0 saturated heterocycles. The maximum Gasteiger partial charge on any atom is 0.00257 e. The molecule has 0 aromatic heterocycles. The zero-order chi connectivity index (χ0) is 23.1. The van der Waals surface area contributed by atoms with Gasteiger partial charge in [0.05, 0.1) is 0 Å². The van der Waals surface area contributed by atoms with Gasteiger partial charge < -0.3 is 0 Å². The fraction of sp³-hybridized carbons (Fsp3) is 0.667. The van der Waals surface area contributed by atoms with Gasteiger partial charge in [0.1, 0.15) is 0 Å². The highest BCUT2D eigenvalue weighted by Crippen LogP contribution is 2.45. The predicted octanol–water partition coefficient (Wildman–Crippen LogP) is 9.47. The highest BCUT2D eigenvalue weighted by atomic mass is 14.4. The molecule has 0 aromatic carbocycles. The molecule has 0 aliphatic heterocycles. The topological polar surface area (TPSA) is 0 Å². The third-order valence-corrected chi connectivity index (χ3v) is 6.59. The van der Waals surface area contributed by atoms with Crippen molar-refractivity contribution < 1.29 is 0 Å². The molecule has 0 spiro atoms. The fourth-order valence-electron chi connectivity index (χ4n) is 4.61. The van der Waals surface area contributed by atoms with Gasteiger partial charge in [-0.3, -0.25) is 0 Å². The van der Waals surface area contributed by atoms with Crippen molar-refractivity contribution in [2.75, 3.05) is 0 Å². The monoisotopic (exact) mass is 408 g/mol. The highest BCUT2D eigenvalue weighted by Gasteiger charge is 2.32. The second-order valence-corrected chi connectivity index (χ2v) is 13.6. The van der Waals surface area contributed by atoms with Crippen molar-refractivity contribution in [2.24, 2.45) is 33.5 Å². The lowest BCUT2D eigenvalue weighted by Gasteiger charge is -2.26. The van der Waals surface area contributed by atoms with Crippen molar-refractivity contribution in [3.05, 3.63) is 58.7 Å². The van der Waals surface area contributed by atoms with Gasteiger partial charge >= 0.3 is 0 Å². The third-order valence-electron chi connectivity index (χ3n) is 6.59. The summed E-state index contributed by atoms with van der Waals surface area (Å²) in [4.78, 5) is 0. The summed E-state index contributed by atoms with van der Waals surface area (Å²) < 4.78 is 0. The Balaban J connectivity index is 2.13. The van der Waals surface area contributed by atoms with Gasteiger partial charge in [-0.2, -0.15) is 0 Å². The quantitative estimate of drug-likeness (QED) is 0.406. The normalized spacial score (nSPS) is 23.6. The Morgan fingerprint density at radius 3 is 1.07 bits per heavy atom. The summed E-state index contributed by atoms with van der Waals surface area (Å²) in [6.07, 6.45) is 17.1. The lowest BCUT2D eigenvalue weighted by molar-refractivity contribution is 0.454. The SMILES string of the molecule is CC(C)(C)C1=CC(C/C=C/CC2C=C(C(C)(C)C)C=C2C(C)(C)C)C(C(C)(C)C)=C1. The maximum absolute atomic E-state index is 2.53. The van der Waals surface area contributed by atoms with E-state index in [4.69, 9.17) is 0 Å². The van der Waals surface area contributed by atoms with Crippen LogP contribution in [0.25, 0.3) is 0 Å². The van der Waals surface area contributed by atoms with E-state index in [1.54, 1.807) is 11.1 Å². The number of rotatable bonds is 4. The minimum atomic E-state index is 0.222. The number of allylic oxidation sites excluding steroid dienone is 10. The molecule has 0 N–H and O–H groups in total. The van der Waals surface area contributed by atoms with E-state index in [0.29, 0.717) is 11.8 Å². The second kappa shape index (κ2) is 8.33. The van der Waals surface area contributed by atoms with Crippen LogP contribution >= 0.6 is 0 Å². The molecule has 0 bridgehead atoms. The van der Waals surface area contributed by atoms with Gasteiger partial charge in [0, 0.05) is 11.8 Å². The van der Waals surface area contributed by atoms with Crippen LogP contribution in [0.15, 0.2) is 58.7 Å². The Bertz CT molecular complexity index is 709. The van der Waals surface area contributed by atoms with E-state index in [9.17, 15) is 0 Å². The van der Waals surface area contributed by atoms with E-state index < -0.39 is 0 Å². The average molecular weight is 409 g/mol. The van der Waals surface area contributed by atoms with Gasteiger partial charge in [-0.05, 0) is 45.6 Å². The van der Waals surface area contributed by atoms with E-state index in [0.717, 1.165) is 12.8 Å². The molecule has 168 valence electrons. The summed E-state index contributed by atoms with van der Waals surface area (Å²) in [5.41, 5.74) is 7.06. The van der Waals surface area contributed by atoms with Gasteiger partial charge in [0.2, 0.25) is 0 Å². The van der Waals surface area contributed by atoms with Gasteiger partial charge in [-0.25, -0.2) is 0 Å².